The molecule has 26 heavy (non-hydrogen) atoms. The molecule has 4 rings (SSSR count). The molecule has 1 aromatic rings. The highest BCUT2D eigenvalue weighted by Crippen LogP contribution is 2.35. The summed E-state index contributed by atoms with van der Waals surface area (Å²) in [5, 5.41) is 11.2. The van der Waals surface area contributed by atoms with Crippen LogP contribution >= 0.6 is 11.8 Å². The highest BCUT2D eigenvalue weighted by molar-refractivity contribution is 8.02. The number of nitrogens with zero attached hydrogens (tertiary/aromatic N) is 4. The van der Waals surface area contributed by atoms with Gasteiger partial charge in [0.25, 0.3) is 0 Å². The number of fused-ring (bicyclic) bond motifs is 1. The van der Waals surface area contributed by atoms with Crippen molar-refractivity contribution in [3.05, 3.63) is 52.6 Å². The van der Waals surface area contributed by atoms with Gasteiger partial charge in [-0.25, -0.2) is 4.39 Å². The summed E-state index contributed by atoms with van der Waals surface area (Å²) in [7, 11) is 0. The predicted octanol–water partition coefficient (Wildman–Crippen LogP) is 4.65. The molecule has 0 saturated heterocycles. The van der Waals surface area contributed by atoms with Crippen LogP contribution in [0.15, 0.2) is 51.2 Å². The topological polar surface area (TPSA) is 51.8 Å². The zero-order valence-electron chi connectivity index (χ0n) is 14.6. The zero-order chi connectivity index (χ0) is 18.1. The Morgan fingerprint density at radius 2 is 2.15 bits per heavy atom. The van der Waals surface area contributed by atoms with Crippen LogP contribution in [0.1, 0.15) is 31.7 Å². The molecule has 0 amide bonds. The molecule has 0 aliphatic carbocycles. The Kier molecular flexibility index (Phi) is 4.64. The molecule has 0 saturated carbocycles. The summed E-state index contributed by atoms with van der Waals surface area (Å²) in [6.07, 6.45) is 5.01. The van der Waals surface area contributed by atoms with Gasteiger partial charge in [0, 0.05) is 35.8 Å². The molecule has 3 heterocycles. The van der Waals surface area contributed by atoms with Crippen LogP contribution in [0.4, 0.5) is 10.1 Å². The monoisotopic (exact) mass is 366 g/mol. The molecule has 4 nitrogen and oxygen atoms in total. The average molecular weight is 366 g/mol. The molecule has 3 aliphatic rings. The molecule has 0 spiro atoms. The minimum absolute atomic E-state index is 0.336. The summed E-state index contributed by atoms with van der Waals surface area (Å²) < 4.78 is 13.8. The van der Waals surface area contributed by atoms with Crippen LogP contribution in [0.3, 0.4) is 0 Å². The standard InChI is InChI=1S/C20H19FN4S/c1-13-11-26-12-20(23-13)18-3-2-15-4-5-25(10-19(15)24-18)17-7-14(9-22)6-16(21)8-17/h6-8,10,12,15H,2-5,11H2,1H3. The van der Waals surface area contributed by atoms with Crippen LogP contribution < -0.4 is 4.90 Å². The van der Waals surface area contributed by atoms with Crippen LogP contribution in [0.2, 0.25) is 0 Å². The third-order valence-corrected chi connectivity index (χ3v) is 5.83. The molecule has 0 radical (unpaired) electrons. The first-order chi connectivity index (χ1) is 12.6. The van der Waals surface area contributed by atoms with E-state index in [1.54, 1.807) is 17.8 Å². The lowest BCUT2D eigenvalue weighted by atomic mass is 9.89. The van der Waals surface area contributed by atoms with E-state index >= 15 is 0 Å². The molecular formula is C20H19FN4S. The van der Waals surface area contributed by atoms with E-state index in [-0.39, 0.29) is 5.82 Å². The smallest absolute Gasteiger partial charge is 0.126 e. The SMILES string of the molecule is CC1=NC(C2=NC3=CN(c4cc(F)cc(C#N)c4)CCC3CC2)=CSC1. The lowest BCUT2D eigenvalue weighted by molar-refractivity contribution is 0.493. The van der Waals surface area contributed by atoms with E-state index in [9.17, 15) is 4.39 Å². The van der Waals surface area contributed by atoms with Gasteiger partial charge in [0.1, 0.15) is 5.82 Å². The van der Waals surface area contributed by atoms with E-state index in [1.807, 2.05) is 24.1 Å². The summed E-state index contributed by atoms with van der Waals surface area (Å²) in [4.78, 5) is 11.5. The third kappa shape index (κ3) is 3.45. The summed E-state index contributed by atoms with van der Waals surface area (Å²) in [6, 6.07) is 6.47. The van der Waals surface area contributed by atoms with Gasteiger partial charge in [0.15, 0.2) is 0 Å². The van der Waals surface area contributed by atoms with Crippen molar-refractivity contribution in [2.24, 2.45) is 15.9 Å². The predicted molar refractivity (Wildman–Crippen MR) is 105 cm³/mol. The highest BCUT2D eigenvalue weighted by Gasteiger charge is 2.27. The Hall–Kier alpha value is -2.39. The average Bonchev–Trinajstić information content (AvgIpc) is 2.66. The number of nitriles is 1. The van der Waals surface area contributed by atoms with E-state index in [1.165, 1.54) is 12.1 Å². The lowest BCUT2D eigenvalue weighted by Gasteiger charge is -2.33. The number of allylic oxidation sites excluding steroid dienone is 2. The minimum atomic E-state index is -0.387. The van der Waals surface area contributed by atoms with Crippen molar-refractivity contribution in [1.82, 2.24) is 0 Å². The number of benzene rings is 1. The fourth-order valence-corrected chi connectivity index (χ4v) is 4.27. The second-order valence-electron chi connectivity index (χ2n) is 6.80. The van der Waals surface area contributed by atoms with Gasteiger partial charge in [-0.2, -0.15) is 5.26 Å². The van der Waals surface area contributed by atoms with E-state index in [0.717, 1.165) is 54.4 Å². The van der Waals surface area contributed by atoms with Crippen LogP contribution in [0, 0.1) is 23.1 Å². The van der Waals surface area contributed by atoms with E-state index in [0.29, 0.717) is 17.2 Å². The molecule has 1 atom stereocenters. The summed E-state index contributed by atoms with van der Waals surface area (Å²) >= 11 is 1.76. The second kappa shape index (κ2) is 7.08. The van der Waals surface area contributed by atoms with Crippen molar-refractivity contribution in [2.75, 3.05) is 17.2 Å². The first-order valence-corrected chi connectivity index (χ1v) is 9.80. The number of halogens is 1. The van der Waals surface area contributed by atoms with Crippen molar-refractivity contribution in [2.45, 2.75) is 26.2 Å². The van der Waals surface area contributed by atoms with Crippen molar-refractivity contribution in [3.8, 4) is 6.07 Å². The van der Waals surface area contributed by atoms with Crippen molar-refractivity contribution in [1.29, 1.82) is 5.26 Å². The first-order valence-electron chi connectivity index (χ1n) is 8.75. The maximum atomic E-state index is 13.8. The molecule has 132 valence electrons. The fraction of sp³-hybridized carbons (Fsp3) is 0.350. The first kappa shape index (κ1) is 17.0. The van der Waals surface area contributed by atoms with Gasteiger partial charge in [0.2, 0.25) is 0 Å². The molecule has 0 aromatic heterocycles. The van der Waals surface area contributed by atoms with Crippen LogP contribution in [0.25, 0.3) is 0 Å². The van der Waals surface area contributed by atoms with Gasteiger partial charge < -0.3 is 4.90 Å². The van der Waals surface area contributed by atoms with Crippen molar-refractivity contribution >= 4 is 28.9 Å². The Morgan fingerprint density at radius 3 is 2.96 bits per heavy atom. The largest absolute Gasteiger partial charge is 0.346 e. The molecule has 0 fully saturated rings. The number of rotatable bonds is 2. The molecule has 1 aromatic carbocycles. The Bertz CT molecular complexity index is 907. The lowest BCUT2D eigenvalue weighted by Crippen LogP contribution is -2.29. The van der Waals surface area contributed by atoms with Gasteiger partial charge in [-0.15, -0.1) is 11.8 Å². The van der Waals surface area contributed by atoms with Gasteiger partial charge in [-0.1, -0.05) is 0 Å². The van der Waals surface area contributed by atoms with E-state index in [2.05, 4.69) is 10.4 Å². The Balaban J connectivity index is 1.66. The van der Waals surface area contributed by atoms with Gasteiger partial charge in [0.05, 0.1) is 28.7 Å². The summed E-state index contributed by atoms with van der Waals surface area (Å²) in [5.74, 6) is 0.999. The quantitative estimate of drug-likeness (QED) is 0.766. The van der Waals surface area contributed by atoms with Crippen LogP contribution in [-0.2, 0) is 0 Å². The normalized spacial score (nSPS) is 22.5. The molecular weight excluding hydrogens is 347 g/mol. The molecule has 0 N–H and O–H groups in total. The Labute approximate surface area is 156 Å². The van der Waals surface area contributed by atoms with Crippen molar-refractivity contribution < 1.29 is 4.39 Å². The second-order valence-corrected chi connectivity index (χ2v) is 7.66. The minimum Gasteiger partial charge on any atom is -0.346 e. The van der Waals surface area contributed by atoms with Crippen LogP contribution in [-0.4, -0.2) is 23.7 Å². The van der Waals surface area contributed by atoms with Crippen molar-refractivity contribution in [3.63, 3.8) is 0 Å². The summed E-state index contributed by atoms with van der Waals surface area (Å²) in [5.41, 5.74) is 5.22. The molecule has 0 bridgehead atoms. The number of hydrogen-bond donors (Lipinski definition) is 0. The Morgan fingerprint density at radius 1 is 1.27 bits per heavy atom. The number of anilines is 1. The number of hydrogen-bond acceptors (Lipinski definition) is 5. The van der Waals surface area contributed by atoms with Crippen LogP contribution in [0.5, 0.6) is 0 Å². The van der Waals surface area contributed by atoms with Gasteiger partial charge in [-0.05, 0) is 49.8 Å². The van der Waals surface area contributed by atoms with E-state index in [4.69, 9.17) is 10.3 Å². The zero-order valence-corrected chi connectivity index (χ0v) is 15.4. The maximum Gasteiger partial charge on any atom is 0.126 e. The maximum absolute atomic E-state index is 13.8. The molecule has 3 aliphatic heterocycles. The third-order valence-electron chi connectivity index (χ3n) is 4.86. The number of aliphatic imine (C=N–C) groups is 2. The van der Waals surface area contributed by atoms with E-state index < -0.39 is 0 Å². The van der Waals surface area contributed by atoms with Gasteiger partial charge >= 0.3 is 0 Å². The number of thioether (sulfide) groups is 1. The summed E-state index contributed by atoms with van der Waals surface area (Å²) in [6.45, 7) is 2.85. The highest BCUT2D eigenvalue weighted by atomic mass is 32.2. The molecule has 1 unspecified atom stereocenters. The molecule has 6 heteroatoms. The fourth-order valence-electron chi connectivity index (χ4n) is 3.54. The van der Waals surface area contributed by atoms with Gasteiger partial charge in [-0.3, -0.25) is 9.98 Å².